The van der Waals surface area contributed by atoms with Crippen molar-refractivity contribution in [3.05, 3.63) is 24.3 Å². The Kier molecular flexibility index (Phi) is 4.25. The highest BCUT2D eigenvalue weighted by Gasteiger charge is 2.25. The van der Waals surface area contributed by atoms with Gasteiger partial charge >= 0.3 is 0 Å². The second-order valence-corrected chi connectivity index (χ2v) is 5.05. The Hall–Kier alpha value is -1.49. The second-order valence-electron chi connectivity index (χ2n) is 5.05. The van der Waals surface area contributed by atoms with Gasteiger partial charge in [-0.1, -0.05) is 0 Å². The first-order valence-electron chi connectivity index (χ1n) is 6.35. The third-order valence-corrected chi connectivity index (χ3v) is 3.25. The lowest BCUT2D eigenvalue weighted by Gasteiger charge is -2.33. The second kappa shape index (κ2) is 5.91. The molecule has 1 fully saturated rings. The van der Waals surface area contributed by atoms with Gasteiger partial charge in [-0.3, -0.25) is 4.79 Å². The molecule has 98 valence electrons. The molecular weight excluding hydrogens is 228 g/mol. The Balaban J connectivity index is 1.98. The molecule has 5 nitrogen and oxygen atoms in total. The van der Waals surface area contributed by atoms with Crippen LogP contribution >= 0.6 is 0 Å². The largest absolute Gasteiger partial charge is 0.341 e. The molecule has 1 atom stereocenters. The van der Waals surface area contributed by atoms with E-state index < -0.39 is 0 Å². The molecule has 0 radical (unpaired) electrons. The summed E-state index contributed by atoms with van der Waals surface area (Å²) in [5.74, 6) is 0.562. The van der Waals surface area contributed by atoms with Gasteiger partial charge in [0.2, 0.25) is 5.91 Å². The normalized spacial score (nSPS) is 20.2. The van der Waals surface area contributed by atoms with Crippen LogP contribution in [0.5, 0.6) is 0 Å². The van der Waals surface area contributed by atoms with Crippen LogP contribution in [-0.2, 0) is 4.79 Å². The average Bonchev–Trinajstić information content (AvgIpc) is 2.39. The van der Waals surface area contributed by atoms with Crippen LogP contribution in [0.2, 0.25) is 0 Å². The molecule has 0 aliphatic carbocycles. The molecule has 0 saturated carbocycles. The fourth-order valence-corrected chi connectivity index (χ4v) is 2.36. The molecule has 1 aliphatic rings. The van der Waals surface area contributed by atoms with Gasteiger partial charge in [-0.2, -0.15) is 0 Å². The highest BCUT2D eigenvalue weighted by Crippen LogP contribution is 2.24. The van der Waals surface area contributed by atoms with E-state index in [0.717, 1.165) is 31.6 Å². The van der Waals surface area contributed by atoms with Crippen LogP contribution in [0.4, 0.5) is 0 Å². The van der Waals surface area contributed by atoms with Crippen molar-refractivity contribution >= 4 is 5.91 Å². The molecule has 1 aliphatic heterocycles. The molecule has 1 amide bonds. The predicted octanol–water partition coefficient (Wildman–Crippen LogP) is 0.744. The van der Waals surface area contributed by atoms with Crippen LogP contribution in [0.25, 0.3) is 0 Å². The number of piperidine rings is 1. The SMILES string of the molecule is CN(C)CC(=O)N1CCCC(c2ccncn2)C1. The minimum atomic E-state index is 0.207. The molecular formula is C13H20N4O. The van der Waals surface area contributed by atoms with Crippen LogP contribution < -0.4 is 0 Å². The summed E-state index contributed by atoms with van der Waals surface area (Å²) >= 11 is 0. The molecule has 0 N–H and O–H groups in total. The van der Waals surface area contributed by atoms with Gasteiger partial charge in [0.05, 0.1) is 6.54 Å². The maximum Gasteiger partial charge on any atom is 0.236 e. The zero-order chi connectivity index (χ0) is 13.0. The number of carbonyl (C=O) groups is 1. The summed E-state index contributed by atoms with van der Waals surface area (Å²) < 4.78 is 0. The van der Waals surface area contributed by atoms with E-state index in [0.29, 0.717) is 12.5 Å². The number of rotatable bonds is 3. The minimum Gasteiger partial charge on any atom is -0.341 e. The van der Waals surface area contributed by atoms with Gasteiger partial charge in [0, 0.05) is 30.9 Å². The van der Waals surface area contributed by atoms with Crippen LogP contribution in [-0.4, -0.2) is 59.4 Å². The van der Waals surface area contributed by atoms with Crippen molar-refractivity contribution in [1.82, 2.24) is 19.8 Å². The van der Waals surface area contributed by atoms with Crippen molar-refractivity contribution in [1.29, 1.82) is 0 Å². The Bertz CT molecular complexity index is 393. The van der Waals surface area contributed by atoms with E-state index in [1.807, 2.05) is 30.0 Å². The van der Waals surface area contributed by atoms with Crippen molar-refractivity contribution in [3.63, 3.8) is 0 Å². The van der Waals surface area contributed by atoms with Gasteiger partial charge in [-0.15, -0.1) is 0 Å². The highest BCUT2D eigenvalue weighted by molar-refractivity contribution is 5.78. The summed E-state index contributed by atoms with van der Waals surface area (Å²) in [6.07, 6.45) is 5.50. The number of likely N-dealkylation sites (tertiary alicyclic amines) is 1. The Labute approximate surface area is 108 Å². The van der Waals surface area contributed by atoms with Gasteiger partial charge in [0.15, 0.2) is 0 Å². The summed E-state index contributed by atoms with van der Waals surface area (Å²) in [5, 5.41) is 0. The van der Waals surface area contributed by atoms with Gasteiger partial charge in [-0.05, 0) is 33.0 Å². The molecule has 18 heavy (non-hydrogen) atoms. The topological polar surface area (TPSA) is 49.3 Å². The number of nitrogens with zero attached hydrogens (tertiary/aromatic N) is 4. The fourth-order valence-electron chi connectivity index (χ4n) is 2.36. The lowest BCUT2D eigenvalue weighted by Crippen LogP contribution is -2.43. The molecule has 2 rings (SSSR count). The summed E-state index contributed by atoms with van der Waals surface area (Å²) in [4.78, 5) is 24.1. The van der Waals surface area contributed by atoms with E-state index in [1.54, 1.807) is 12.5 Å². The Morgan fingerprint density at radius 1 is 1.56 bits per heavy atom. The molecule has 5 heteroatoms. The van der Waals surface area contributed by atoms with Gasteiger partial charge < -0.3 is 9.80 Å². The lowest BCUT2D eigenvalue weighted by atomic mass is 9.94. The molecule has 2 heterocycles. The van der Waals surface area contributed by atoms with E-state index >= 15 is 0 Å². The van der Waals surface area contributed by atoms with E-state index in [4.69, 9.17) is 0 Å². The van der Waals surface area contributed by atoms with Crippen LogP contribution in [0.1, 0.15) is 24.5 Å². The van der Waals surface area contributed by atoms with E-state index in [1.165, 1.54) is 0 Å². The third kappa shape index (κ3) is 3.26. The van der Waals surface area contributed by atoms with Crippen molar-refractivity contribution in [2.24, 2.45) is 0 Å². The fraction of sp³-hybridized carbons (Fsp3) is 0.615. The molecule has 0 bridgehead atoms. The molecule has 1 aromatic rings. The quantitative estimate of drug-likeness (QED) is 0.792. The van der Waals surface area contributed by atoms with Gasteiger partial charge in [0.25, 0.3) is 0 Å². The van der Waals surface area contributed by atoms with Crippen molar-refractivity contribution in [3.8, 4) is 0 Å². The lowest BCUT2D eigenvalue weighted by molar-refractivity contribution is -0.133. The first-order chi connectivity index (χ1) is 8.66. The molecule has 0 aromatic carbocycles. The zero-order valence-electron chi connectivity index (χ0n) is 11.0. The Morgan fingerprint density at radius 3 is 3.06 bits per heavy atom. The minimum absolute atomic E-state index is 0.207. The summed E-state index contributed by atoms with van der Waals surface area (Å²) in [7, 11) is 3.84. The first kappa shape index (κ1) is 13.0. The van der Waals surface area contributed by atoms with Gasteiger partial charge in [-0.25, -0.2) is 9.97 Å². The van der Waals surface area contributed by atoms with Crippen LogP contribution in [0, 0.1) is 0 Å². The summed E-state index contributed by atoms with van der Waals surface area (Å²) in [6, 6.07) is 1.95. The number of aromatic nitrogens is 2. The molecule has 1 unspecified atom stereocenters. The van der Waals surface area contributed by atoms with E-state index in [2.05, 4.69) is 9.97 Å². The predicted molar refractivity (Wildman–Crippen MR) is 69.1 cm³/mol. The number of carbonyl (C=O) groups excluding carboxylic acids is 1. The number of hydrogen-bond acceptors (Lipinski definition) is 4. The molecule has 1 saturated heterocycles. The number of likely N-dealkylation sites (N-methyl/N-ethyl adjacent to an activating group) is 1. The first-order valence-corrected chi connectivity index (χ1v) is 6.35. The smallest absolute Gasteiger partial charge is 0.236 e. The van der Waals surface area contributed by atoms with Crippen molar-refractivity contribution in [2.45, 2.75) is 18.8 Å². The highest BCUT2D eigenvalue weighted by atomic mass is 16.2. The van der Waals surface area contributed by atoms with E-state index in [-0.39, 0.29) is 5.91 Å². The average molecular weight is 248 g/mol. The maximum atomic E-state index is 12.0. The van der Waals surface area contributed by atoms with Crippen molar-refractivity contribution in [2.75, 3.05) is 33.7 Å². The zero-order valence-corrected chi connectivity index (χ0v) is 11.0. The Morgan fingerprint density at radius 2 is 2.39 bits per heavy atom. The van der Waals surface area contributed by atoms with Crippen LogP contribution in [0.15, 0.2) is 18.6 Å². The van der Waals surface area contributed by atoms with Crippen LogP contribution in [0.3, 0.4) is 0 Å². The van der Waals surface area contributed by atoms with E-state index in [9.17, 15) is 4.79 Å². The third-order valence-electron chi connectivity index (χ3n) is 3.25. The van der Waals surface area contributed by atoms with Gasteiger partial charge in [0.1, 0.15) is 6.33 Å². The van der Waals surface area contributed by atoms with Crippen molar-refractivity contribution < 1.29 is 4.79 Å². The monoisotopic (exact) mass is 248 g/mol. The number of hydrogen-bond donors (Lipinski definition) is 0. The molecule has 1 aromatic heterocycles. The maximum absolute atomic E-state index is 12.0. The number of amides is 1. The summed E-state index contributed by atoms with van der Waals surface area (Å²) in [5.41, 5.74) is 1.05. The molecule has 0 spiro atoms. The summed E-state index contributed by atoms with van der Waals surface area (Å²) in [6.45, 7) is 2.13. The standard InChI is InChI=1S/C13H20N4O/c1-16(2)9-13(18)17-7-3-4-11(8-17)12-5-6-14-10-15-12/h5-6,10-11H,3-4,7-9H2,1-2H3.